The van der Waals surface area contributed by atoms with Gasteiger partial charge in [-0.05, 0) is 49.9 Å². The van der Waals surface area contributed by atoms with E-state index in [-0.39, 0.29) is 17.8 Å². The number of rotatable bonds is 9. The Morgan fingerprint density at radius 3 is 1.67 bits per heavy atom. The molecule has 0 aromatic heterocycles. The summed E-state index contributed by atoms with van der Waals surface area (Å²) in [5, 5.41) is -13.7. The summed E-state index contributed by atoms with van der Waals surface area (Å²) < 4.78 is 194. The summed E-state index contributed by atoms with van der Waals surface area (Å²) in [6, 6.07) is 0. The topological polar surface area (TPSA) is 107 Å². The minimum atomic E-state index is -7.97. The van der Waals surface area contributed by atoms with Gasteiger partial charge in [-0.2, -0.15) is 48.3 Å². The molecular weight excluding hydrogens is 575 g/mol. The number of halogens is 11. The Labute approximate surface area is 195 Å². The van der Waals surface area contributed by atoms with Gasteiger partial charge in [-0.25, -0.2) is 21.6 Å². The highest BCUT2D eigenvalue weighted by Gasteiger charge is 2.86. The summed E-state index contributed by atoms with van der Waals surface area (Å²) >= 11 is 0. The largest absolute Gasteiger partial charge is 0.460 e. The standard InChI is InChI=1S/C16H16F11NO6S2/c17-12(18,10(29)34-6-11-3-7-1-8(4-11)9(2-7)5-11)35(30,31)28-36(32,33)16(26,27)14(21,22)13(19,20)15(23,24)25/h7-9,28H,1-6H2. The zero-order chi connectivity index (χ0) is 28.0. The number of ether oxygens (including phenoxy) is 1. The summed E-state index contributed by atoms with van der Waals surface area (Å²) in [5.41, 5.74) is -0.788. The number of sulfonamides is 2. The molecule has 4 rings (SSSR count). The molecule has 0 aliphatic heterocycles. The van der Waals surface area contributed by atoms with E-state index in [0.717, 1.165) is 12.8 Å². The summed E-state index contributed by atoms with van der Waals surface area (Å²) in [6.45, 7) is -0.765. The van der Waals surface area contributed by atoms with Crippen molar-refractivity contribution in [2.45, 2.75) is 60.6 Å². The Morgan fingerprint density at radius 2 is 1.25 bits per heavy atom. The van der Waals surface area contributed by atoms with Gasteiger partial charge in [0, 0.05) is 5.41 Å². The zero-order valence-electron chi connectivity index (χ0n) is 17.4. The Hall–Kier alpha value is -1.44. The highest BCUT2D eigenvalue weighted by Crippen LogP contribution is 2.64. The van der Waals surface area contributed by atoms with Crippen LogP contribution in [0.2, 0.25) is 0 Å². The Kier molecular flexibility index (Phi) is 6.50. The van der Waals surface area contributed by atoms with E-state index in [9.17, 15) is 69.9 Å². The average Bonchev–Trinajstić information content (AvgIpc) is 3.10. The quantitative estimate of drug-likeness (QED) is 0.325. The molecule has 4 fully saturated rings. The van der Waals surface area contributed by atoms with Crippen LogP contribution in [0.1, 0.15) is 32.1 Å². The average molecular weight is 591 g/mol. The van der Waals surface area contributed by atoms with E-state index in [1.54, 1.807) is 0 Å². The predicted molar refractivity (Wildman–Crippen MR) is 93.8 cm³/mol. The van der Waals surface area contributed by atoms with Crippen LogP contribution in [-0.2, 0) is 29.6 Å². The number of nitrogens with one attached hydrogen (secondary N) is 1. The molecule has 0 saturated heterocycles. The summed E-state index contributed by atoms with van der Waals surface area (Å²) in [4.78, 5) is 11.8. The van der Waals surface area contributed by atoms with Crippen LogP contribution in [0.5, 0.6) is 0 Å². The van der Waals surface area contributed by atoms with Gasteiger partial charge in [-0.3, -0.25) is 0 Å². The van der Waals surface area contributed by atoms with Crippen LogP contribution in [0.25, 0.3) is 0 Å². The van der Waals surface area contributed by atoms with Gasteiger partial charge in [0.2, 0.25) is 0 Å². The van der Waals surface area contributed by atoms with Crippen LogP contribution in [0, 0.1) is 23.2 Å². The van der Waals surface area contributed by atoms with Crippen LogP contribution in [-0.4, -0.2) is 57.9 Å². The van der Waals surface area contributed by atoms with Gasteiger partial charge in [0.25, 0.3) is 10.0 Å². The molecule has 20 heteroatoms. The second-order valence-electron chi connectivity index (χ2n) is 9.32. The maximum atomic E-state index is 14.2. The van der Waals surface area contributed by atoms with Crippen molar-refractivity contribution >= 4 is 26.0 Å². The summed E-state index contributed by atoms with van der Waals surface area (Å²) in [6.07, 6.45) is -4.42. The first-order valence-corrected chi connectivity index (χ1v) is 12.8. The van der Waals surface area contributed by atoms with Crippen LogP contribution >= 0.6 is 0 Å². The van der Waals surface area contributed by atoms with Crippen LogP contribution in [0.4, 0.5) is 48.3 Å². The van der Waals surface area contributed by atoms with Crippen molar-refractivity contribution in [3.63, 3.8) is 0 Å². The van der Waals surface area contributed by atoms with E-state index in [2.05, 4.69) is 4.74 Å². The Morgan fingerprint density at radius 1 is 0.778 bits per heavy atom. The van der Waals surface area contributed by atoms with E-state index in [0.29, 0.717) is 19.3 Å². The number of alkyl halides is 11. The molecule has 1 N–H and O–H groups in total. The van der Waals surface area contributed by atoms with Crippen molar-refractivity contribution in [2.75, 3.05) is 6.61 Å². The number of carbonyl (C=O) groups is 1. The fraction of sp³-hybridized carbons (Fsp3) is 0.938. The number of carbonyl (C=O) groups excluding carboxylic acids is 1. The molecule has 7 nitrogen and oxygen atoms in total. The SMILES string of the molecule is O=C(OCC12CC3CC(C1)C(C3)C2)C(F)(F)S(=O)(=O)NS(=O)(=O)C(F)(F)C(F)(F)C(F)(F)C(F)(F)F. The molecule has 0 spiro atoms. The fourth-order valence-corrected chi connectivity index (χ4v) is 8.08. The molecule has 210 valence electrons. The molecule has 0 aromatic carbocycles. The lowest BCUT2D eigenvalue weighted by molar-refractivity contribution is -0.382. The first kappa shape index (κ1) is 29.1. The second kappa shape index (κ2) is 8.03. The van der Waals surface area contributed by atoms with E-state index < -0.39 is 70.7 Å². The third-order valence-electron chi connectivity index (χ3n) is 6.81. The monoisotopic (exact) mass is 591 g/mol. The van der Waals surface area contributed by atoms with E-state index in [4.69, 9.17) is 0 Å². The van der Waals surface area contributed by atoms with Crippen molar-refractivity contribution in [1.29, 1.82) is 0 Å². The number of hydrogen-bond acceptors (Lipinski definition) is 6. The Balaban J connectivity index is 1.78. The van der Waals surface area contributed by atoms with E-state index in [1.165, 1.54) is 0 Å². The number of esters is 1. The molecule has 0 aromatic rings. The third-order valence-corrected chi connectivity index (χ3v) is 10.3. The molecule has 4 saturated carbocycles. The van der Waals surface area contributed by atoms with Crippen LogP contribution in [0.15, 0.2) is 0 Å². The van der Waals surface area contributed by atoms with Gasteiger partial charge < -0.3 is 4.74 Å². The van der Waals surface area contributed by atoms with Gasteiger partial charge >= 0.3 is 44.5 Å². The lowest BCUT2D eigenvalue weighted by Gasteiger charge is -2.37. The van der Waals surface area contributed by atoms with Gasteiger partial charge in [0.15, 0.2) is 0 Å². The highest BCUT2D eigenvalue weighted by molar-refractivity contribution is 8.06. The maximum Gasteiger partial charge on any atom is 0.460 e. The van der Waals surface area contributed by atoms with Crippen molar-refractivity contribution in [2.24, 2.45) is 23.2 Å². The van der Waals surface area contributed by atoms with Crippen molar-refractivity contribution < 1.29 is 74.7 Å². The minimum Gasteiger partial charge on any atom is -0.460 e. The molecule has 4 aliphatic rings. The van der Waals surface area contributed by atoms with Crippen molar-refractivity contribution in [1.82, 2.24) is 4.13 Å². The first-order chi connectivity index (χ1) is 15.8. The smallest absolute Gasteiger partial charge is 0.460 e. The van der Waals surface area contributed by atoms with E-state index in [1.807, 2.05) is 0 Å². The van der Waals surface area contributed by atoms with E-state index >= 15 is 0 Å². The van der Waals surface area contributed by atoms with Crippen molar-refractivity contribution in [3.8, 4) is 0 Å². The summed E-state index contributed by atoms with van der Waals surface area (Å²) in [7, 11) is -15.3. The molecule has 0 radical (unpaired) electrons. The first-order valence-electron chi connectivity index (χ1n) is 9.86. The molecule has 0 amide bonds. The predicted octanol–water partition coefficient (Wildman–Crippen LogP) is 3.62. The van der Waals surface area contributed by atoms with Gasteiger partial charge in [0.05, 0.1) is 6.61 Å². The van der Waals surface area contributed by atoms with Gasteiger partial charge in [0.1, 0.15) is 0 Å². The van der Waals surface area contributed by atoms with Crippen molar-refractivity contribution in [3.05, 3.63) is 0 Å². The molecular formula is C16H16F11NO6S2. The van der Waals surface area contributed by atoms with Crippen LogP contribution < -0.4 is 4.13 Å². The molecule has 2 atom stereocenters. The van der Waals surface area contributed by atoms with Gasteiger partial charge in [-0.1, -0.05) is 4.13 Å². The highest BCUT2D eigenvalue weighted by atomic mass is 32.3. The third kappa shape index (κ3) is 4.14. The Bertz CT molecular complexity index is 1120. The normalized spacial score (nSPS) is 29.6. The fourth-order valence-electron chi connectivity index (χ4n) is 5.35. The molecule has 2 unspecified atom stereocenters. The molecule has 4 bridgehead atoms. The lowest BCUT2D eigenvalue weighted by Crippen LogP contribution is -2.66. The molecule has 4 aliphatic carbocycles. The molecule has 36 heavy (non-hydrogen) atoms. The minimum absolute atomic E-state index is 0.205. The summed E-state index contributed by atoms with van der Waals surface area (Å²) in [5.74, 6) is -18.0. The second-order valence-corrected chi connectivity index (χ2v) is 13.0. The molecule has 0 heterocycles. The van der Waals surface area contributed by atoms with Gasteiger partial charge in [-0.15, -0.1) is 0 Å². The number of hydrogen-bond donors (Lipinski definition) is 1. The lowest BCUT2D eigenvalue weighted by atomic mass is 9.70. The van der Waals surface area contributed by atoms with Crippen LogP contribution in [0.3, 0.4) is 0 Å². The zero-order valence-corrected chi connectivity index (χ0v) is 19.0. The maximum absolute atomic E-state index is 14.2.